The summed E-state index contributed by atoms with van der Waals surface area (Å²) in [7, 11) is 0. The molecule has 2 aromatic rings. The van der Waals surface area contributed by atoms with Crippen LogP contribution in [-0.4, -0.2) is 33.1 Å². The Hall–Kier alpha value is -2.77. The van der Waals surface area contributed by atoms with Crippen molar-refractivity contribution in [2.75, 3.05) is 11.9 Å². The third kappa shape index (κ3) is 2.97. The van der Waals surface area contributed by atoms with Gasteiger partial charge in [0.15, 0.2) is 5.82 Å². The number of likely N-dealkylation sites (N-methyl/N-ethyl adjacent to an activating group) is 1. The van der Waals surface area contributed by atoms with E-state index in [9.17, 15) is 14.0 Å². The highest BCUT2D eigenvalue weighted by atomic mass is 19.1. The lowest BCUT2D eigenvalue weighted by atomic mass is 10.2. The fraction of sp³-hybridized carbons (Fsp3) is 0.167. The van der Waals surface area contributed by atoms with Crippen LogP contribution in [-0.2, 0) is 9.59 Å². The van der Waals surface area contributed by atoms with Crippen molar-refractivity contribution in [3.05, 3.63) is 36.7 Å². The van der Waals surface area contributed by atoms with Crippen LogP contribution in [0.15, 0.2) is 30.9 Å². The largest absolute Gasteiger partial charge is 0.348 e. The zero-order chi connectivity index (χ0) is 14.5. The maximum atomic E-state index is 13.9. The fourth-order valence-corrected chi connectivity index (χ4v) is 1.53. The summed E-state index contributed by atoms with van der Waals surface area (Å²) in [6, 6.07) is 4.00. The summed E-state index contributed by atoms with van der Waals surface area (Å²) in [4.78, 5) is 26.4. The molecule has 2 N–H and O–H groups in total. The van der Waals surface area contributed by atoms with Crippen LogP contribution >= 0.6 is 0 Å². The van der Waals surface area contributed by atoms with Crippen LogP contribution in [0.25, 0.3) is 5.69 Å². The number of anilines is 1. The van der Waals surface area contributed by atoms with Crippen LogP contribution in [0.5, 0.6) is 0 Å². The third-order valence-corrected chi connectivity index (χ3v) is 2.41. The van der Waals surface area contributed by atoms with Gasteiger partial charge in [0.2, 0.25) is 0 Å². The van der Waals surface area contributed by atoms with Crippen LogP contribution in [0, 0.1) is 5.82 Å². The number of carbonyl (C=O) groups is 2. The van der Waals surface area contributed by atoms with Crippen molar-refractivity contribution in [3.8, 4) is 5.69 Å². The molecule has 1 aromatic carbocycles. The van der Waals surface area contributed by atoms with Crippen LogP contribution in [0.1, 0.15) is 6.92 Å². The van der Waals surface area contributed by atoms with E-state index in [0.717, 1.165) is 6.07 Å². The molecule has 0 unspecified atom stereocenters. The molecule has 104 valence electrons. The molecular formula is C12H12FN5O2. The van der Waals surface area contributed by atoms with E-state index in [1.54, 1.807) is 6.92 Å². The number of amides is 2. The number of hydrogen-bond acceptors (Lipinski definition) is 4. The van der Waals surface area contributed by atoms with Gasteiger partial charge in [-0.25, -0.2) is 14.1 Å². The summed E-state index contributed by atoms with van der Waals surface area (Å²) in [5.74, 6) is -2.21. The van der Waals surface area contributed by atoms with E-state index < -0.39 is 17.6 Å². The topological polar surface area (TPSA) is 88.9 Å². The normalized spacial score (nSPS) is 10.1. The Kier molecular flexibility index (Phi) is 4.04. The van der Waals surface area contributed by atoms with E-state index in [-0.39, 0.29) is 11.4 Å². The highest BCUT2D eigenvalue weighted by Crippen LogP contribution is 2.17. The monoisotopic (exact) mass is 277 g/mol. The summed E-state index contributed by atoms with van der Waals surface area (Å²) >= 11 is 0. The van der Waals surface area contributed by atoms with Crippen LogP contribution in [0.2, 0.25) is 0 Å². The average molecular weight is 277 g/mol. The quantitative estimate of drug-likeness (QED) is 0.799. The molecular weight excluding hydrogens is 265 g/mol. The molecule has 8 heteroatoms. The summed E-state index contributed by atoms with van der Waals surface area (Å²) in [6.07, 6.45) is 2.63. The Morgan fingerprint density at radius 3 is 2.75 bits per heavy atom. The first-order valence-electron chi connectivity index (χ1n) is 5.85. The van der Waals surface area contributed by atoms with Gasteiger partial charge in [0, 0.05) is 12.2 Å². The molecule has 0 saturated heterocycles. The molecule has 2 amide bonds. The Morgan fingerprint density at radius 1 is 1.35 bits per heavy atom. The number of hydrogen-bond donors (Lipinski definition) is 2. The van der Waals surface area contributed by atoms with Gasteiger partial charge in [-0.3, -0.25) is 9.59 Å². The summed E-state index contributed by atoms with van der Waals surface area (Å²) in [6.45, 7) is 2.03. The number of rotatable bonds is 3. The van der Waals surface area contributed by atoms with Crippen molar-refractivity contribution in [1.29, 1.82) is 0 Å². The van der Waals surface area contributed by atoms with Crippen molar-refractivity contribution in [1.82, 2.24) is 20.1 Å². The van der Waals surface area contributed by atoms with E-state index in [2.05, 4.69) is 20.7 Å². The lowest BCUT2D eigenvalue weighted by Crippen LogP contribution is -2.35. The maximum Gasteiger partial charge on any atom is 0.313 e. The van der Waals surface area contributed by atoms with Gasteiger partial charge in [0.05, 0.1) is 0 Å². The average Bonchev–Trinajstić information content (AvgIpc) is 2.93. The zero-order valence-electron chi connectivity index (χ0n) is 10.6. The van der Waals surface area contributed by atoms with Gasteiger partial charge < -0.3 is 10.6 Å². The predicted molar refractivity (Wildman–Crippen MR) is 68.6 cm³/mol. The molecule has 20 heavy (non-hydrogen) atoms. The summed E-state index contributed by atoms with van der Waals surface area (Å²) < 4.78 is 15.1. The lowest BCUT2D eigenvalue weighted by Gasteiger charge is -2.07. The van der Waals surface area contributed by atoms with E-state index in [1.807, 2.05) is 0 Å². The third-order valence-electron chi connectivity index (χ3n) is 2.41. The summed E-state index contributed by atoms with van der Waals surface area (Å²) in [5, 5.41) is 8.45. The molecule has 1 heterocycles. The molecule has 0 atom stereocenters. The molecule has 1 aromatic heterocycles. The number of carbonyl (C=O) groups excluding carboxylic acids is 2. The van der Waals surface area contributed by atoms with Crippen LogP contribution in [0.3, 0.4) is 0 Å². The molecule has 0 radical (unpaired) electrons. The molecule has 0 bridgehead atoms. The highest BCUT2D eigenvalue weighted by molar-refractivity contribution is 6.39. The van der Waals surface area contributed by atoms with Gasteiger partial charge in [0.1, 0.15) is 18.3 Å². The van der Waals surface area contributed by atoms with Gasteiger partial charge >= 0.3 is 11.8 Å². The minimum Gasteiger partial charge on any atom is -0.348 e. The van der Waals surface area contributed by atoms with E-state index >= 15 is 0 Å². The molecule has 0 fully saturated rings. The molecule has 0 aliphatic rings. The molecule has 0 saturated carbocycles. The number of aromatic nitrogens is 3. The van der Waals surface area contributed by atoms with E-state index in [0.29, 0.717) is 6.54 Å². The SMILES string of the molecule is CCNC(=O)C(=O)Nc1ccc(-n2cncn2)c(F)c1. The van der Waals surface area contributed by atoms with Crippen molar-refractivity contribution < 1.29 is 14.0 Å². The second-order valence-electron chi connectivity index (χ2n) is 3.82. The number of nitrogens with one attached hydrogen (secondary N) is 2. The smallest absolute Gasteiger partial charge is 0.313 e. The Balaban J connectivity index is 2.14. The molecule has 0 aliphatic carbocycles. The highest BCUT2D eigenvalue weighted by Gasteiger charge is 2.13. The Morgan fingerprint density at radius 2 is 2.15 bits per heavy atom. The minimum absolute atomic E-state index is 0.183. The number of nitrogens with zero attached hydrogens (tertiary/aromatic N) is 3. The van der Waals surface area contributed by atoms with Gasteiger partial charge in [-0.2, -0.15) is 5.10 Å². The summed E-state index contributed by atoms with van der Waals surface area (Å²) in [5.41, 5.74) is 0.376. The zero-order valence-corrected chi connectivity index (χ0v) is 10.6. The second-order valence-corrected chi connectivity index (χ2v) is 3.82. The van der Waals surface area contributed by atoms with Crippen molar-refractivity contribution >= 4 is 17.5 Å². The molecule has 2 rings (SSSR count). The van der Waals surface area contributed by atoms with Crippen molar-refractivity contribution in [2.45, 2.75) is 6.92 Å². The van der Waals surface area contributed by atoms with Gasteiger partial charge in [-0.15, -0.1) is 0 Å². The first-order chi connectivity index (χ1) is 9.61. The van der Waals surface area contributed by atoms with E-state index in [1.165, 1.54) is 29.5 Å². The lowest BCUT2D eigenvalue weighted by molar-refractivity contribution is -0.136. The van der Waals surface area contributed by atoms with Crippen molar-refractivity contribution in [2.24, 2.45) is 0 Å². The molecule has 0 spiro atoms. The maximum absolute atomic E-state index is 13.9. The second kappa shape index (κ2) is 5.91. The molecule has 0 aliphatic heterocycles. The minimum atomic E-state index is -0.847. The van der Waals surface area contributed by atoms with Crippen molar-refractivity contribution in [3.63, 3.8) is 0 Å². The molecule has 7 nitrogen and oxygen atoms in total. The van der Waals surface area contributed by atoms with Crippen LogP contribution < -0.4 is 10.6 Å². The first kappa shape index (κ1) is 13.7. The van der Waals surface area contributed by atoms with Crippen LogP contribution in [0.4, 0.5) is 10.1 Å². The first-order valence-corrected chi connectivity index (χ1v) is 5.85. The number of halogens is 1. The number of benzene rings is 1. The predicted octanol–water partition coefficient (Wildman–Crippen LogP) is 0.481. The fourth-order valence-electron chi connectivity index (χ4n) is 1.53. The van der Waals surface area contributed by atoms with E-state index in [4.69, 9.17) is 0 Å². The van der Waals surface area contributed by atoms with Gasteiger partial charge in [-0.1, -0.05) is 0 Å². The standard InChI is InChI=1S/C12H12FN5O2/c1-2-15-11(19)12(20)17-8-3-4-10(9(13)5-8)18-7-14-6-16-18/h3-7H,2H2,1H3,(H,15,19)(H,17,20). The Bertz CT molecular complexity index is 627. The van der Waals surface area contributed by atoms with Gasteiger partial charge in [0.25, 0.3) is 0 Å². The Labute approximate surface area is 113 Å². The van der Waals surface area contributed by atoms with Gasteiger partial charge in [-0.05, 0) is 25.1 Å².